The molecule has 0 aromatic heterocycles. The van der Waals surface area contributed by atoms with Crippen molar-refractivity contribution < 1.29 is 0 Å². The summed E-state index contributed by atoms with van der Waals surface area (Å²) in [5.74, 6) is 0.910. The van der Waals surface area contributed by atoms with Gasteiger partial charge >= 0.3 is 91.7 Å². The van der Waals surface area contributed by atoms with Crippen LogP contribution in [0, 0.1) is 5.92 Å². The van der Waals surface area contributed by atoms with Crippen LogP contribution in [0.15, 0.2) is 0 Å². The zero-order valence-corrected chi connectivity index (χ0v) is 12.0. The Morgan fingerprint density at radius 1 is 1.17 bits per heavy atom. The van der Waals surface area contributed by atoms with Crippen molar-refractivity contribution in [2.24, 2.45) is 5.92 Å². The van der Waals surface area contributed by atoms with Crippen molar-refractivity contribution >= 4 is 22.5 Å². The molecule has 0 saturated carbocycles. The molecule has 0 aromatic rings. The van der Waals surface area contributed by atoms with Crippen LogP contribution in [0.1, 0.15) is 59.8 Å². The summed E-state index contributed by atoms with van der Waals surface area (Å²) in [5.41, 5.74) is 0. The molecule has 0 saturated heterocycles. The second-order valence-corrected chi connectivity index (χ2v) is 8.15. The van der Waals surface area contributed by atoms with Gasteiger partial charge in [-0.3, -0.25) is 0 Å². The molecule has 0 N–H and O–H groups in total. The molecule has 0 nitrogen and oxygen atoms in total. The van der Waals surface area contributed by atoms with E-state index in [4.69, 9.17) is 0 Å². The molecule has 0 heterocycles. The zero-order chi connectivity index (χ0) is 9.61. The molecule has 0 bridgehead atoms. The molecular formula is C11H23Sn. The predicted molar refractivity (Wildman–Crippen MR) is 57.7 cm³/mol. The third-order valence-electron chi connectivity index (χ3n) is 2.72. The first-order valence-corrected chi connectivity index (χ1v) is 6.66. The van der Waals surface area contributed by atoms with Crippen LogP contribution in [-0.2, 0) is 0 Å². The van der Waals surface area contributed by atoms with Crippen molar-refractivity contribution in [3.05, 3.63) is 0 Å². The Morgan fingerprint density at radius 3 is 2.17 bits per heavy atom. The van der Waals surface area contributed by atoms with Crippen molar-refractivity contribution in [3.63, 3.8) is 0 Å². The minimum atomic E-state index is 0.596. The maximum absolute atomic E-state index is 2.40. The summed E-state index contributed by atoms with van der Waals surface area (Å²) in [4.78, 5) is 0. The standard InChI is InChI=1S/C11H23.Sn/c1-5-6-7-8-9-11(4)10(2)3;/h11H,5-9H2,1-4H3;. The van der Waals surface area contributed by atoms with Crippen molar-refractivity contribution in [1.29, 1.82) is 0 Å². The molecule has 3 radical (unpaired) electrons. The van der Waals surface area contributed by atoms with E-state index in [0.29, 0.717) is 3.43 Å². The second-order valence-electron chi connectivity index (χ2n) is 4.47. The van der Waals surface area contributed by atoms with Crippen molar-refractivity contribution in [2.75, 3.05) is 0 Å². The van der Waals surface area contributed by atoms with Crippen LogP contribution in [-0.4, -0.2) is 22.5 Å². The van der Waals surface area contributed by atoms with E-state index in [1.54, 1.807) is 22.5 Å². The first-order chi connectivity index (χ1) is 5.48. The molecule has 1 atom stereocenters. The molecule has 0 fully saturated rings. The summed E-state index contributed by atoms with van der Waals surface area (Å²) in [5, 5.41) is 0. The third kappa shape index (κ3) is 6.33. The average molecular weight is 274 g/mol. The van der Waals surface area contributed by atoms with Gasteiger partial charge in [-0.25, -0.2) is 0 Å². The topological polar surface area (TPSA) is 0 Å². The van der Waals surface area contributed by atoms with Crippen LogP contribution in [0.2, 0.25) is 3.43 Å². The van der Waals surface area contributed by atoms with Crippen LogP contribution in [0.25, 0.3) is 0 Å². The fraction of sp³-hybridized carbons (Fsp3) is 1.00. The van der Waals surface area contributed by atoms with Gasteiger partial charge in [0.25, 0.3) is 0 Å². The van der Waals surface area contributed by atoms with Gasteiger partial charge in [-0.05, 0) is 0 Å². The molecule has 0 spiro atoms. The normalized spacial score (nSPS) is 14.8. The van der Waals surface area contributed by atoms with Crippen LogP contribution >= 0.6 is 0 Å². The SMILES string of the molecule is CCCCCCC(C)[C](C)(C)[Sn]. The van der Waals surface area contributed by atoms with Gasteiger partial charge in [0.1, 0.15) is 0 Å². The maximum atomic E-state index is 2.40. The van der Waals surface area contributed by atoms with E-state index in [1.807, 2.05) is 0 Å². The van der Waals surface area contributed by atoms with Crippen molar-refractivity contribution in [1.82, 2.24) is 0 Å². The molecule has 1 unspecified atom stereocenters. The number of hydrogen-bond acceptors (Lipinski definition) is 0. The third-order valence-corrected chi connectivity index (χ3v) is 4.13. The summed E-state index contributed by atoms with van der Waals surface area (Å²) >= 11 is 1.69. The number of unbranched alkanes of at least 4 members (excludes halogenated alkanes) is 3. The minimum absolute atomic E-state index is 0.596. The van der Waals surface area contributed by atoms with Crippen molar-refractivity contribution in [2.45, 2.75) is 63.2 Å². The average Bonchev–Trinajstić information content (AvgIpc) is 1.96. The monoisotopic (exact) mass is 275 g/mol. The van der Waals surface area contributed by atoms with E-state index in [-0.39, 0.29) is 0 Å². The van der Waals surface area contributed by atoms with E-state index in [2.05, 4.69) is 27.7 Å². The quantitative estimate of drug-likeness (QED) is 0.508. The second kappa shape index (κ2) is 6.28. The van der Waals surface area contributed by atoms with Gasteiger partial charge in [-0.1, -0.05) is 0 Å². The zero-order valence-electron chi connectivity index (χ0n) is 9.11. The summed E-state index contributed by atoms with van der Waals surface area (Å²) in [7, 11) is 0. The van der Waals surface area contributed by atoms with E-state index in [9.17, 15) is 0 Å². The van der Waals surface area contributed by atoms with Crippen LogP contribution < -0.4 is 0 Å². The van der Waals surface area contributed by atoms with Gasteiger partial charge in [-0.2, -0.15) is 0 Å². The summed E-state index contributed by atoms with van der Waals surface area (Å²) in [6.45, 7) is 9.45. The molecule has 0 amide bonds. The van der Waals surface area contributed by atoms with E-state index >= 15 is 0 Å². The fourth-order valence-corrected chi connectivity index (χ4v) is 1.65. The van der Waals surface area contributed by atoms with Crippen LogP contribution in [0.5, 0.6) is 0 Å². The Morgan fingerprint density at radius 2 is 1.75 bits per heavy atom. The Kier molecular flexibility index (Phi) is 6.70. The van der Waals surface area contributed by atoms with Gasteiger partial charge in [0.15, 0.2) is 0 Å². The summed E-state index contributed by atoms with van der Waals surface area (Å²) in [6.07, 6.45) is 7.08. The molecule has 0 aliphatic rings. The van der Waals surface area contributed by atoms with E-state index in [1.165, 1.54) is 32.1 Å². The Hall–Kier alpha value is 0.799. The molecule has 0 aliphatic carbocycles. The van der Waals surface area contributed by atoms with E-state index < -0.39 is 0 Å². The summed E-state index contributed by atoms with van der Waals surface area (Å²) in [6, 6.07) is 0. The van der Waals surface area contributed by atoms with Gasteiger partial charge < -0.3 is 0 Å². The molecule has 12 heavy (non-hydrogen) atoms. The first-order valence-electron chi connectivity index (χ1n) is 5.23. The molecule has 0 aromatic carbocycles. The molecule has 1 heteroatoms. The number of hydrogen-bond donors (Lipinski definition) is 0. The molecule has 71 valence electrons. The van der Waals surface area contributed by atoms with Gasteiger partial charge in [0.2, 0.25) is 0 Å². The first kappa shape index (κ1) is 12.8. The Bertz CT molecular complexity index is 102. The van der Waals surface area contributed by atoms with Gasteiger partial charge in [0, 0.05) is 0 Å². The Labute approximate surface area is 91.6 Å². The number of rotatable bonds is 6. The fourth-order valence-electron chi connectivity index (χ4n) is 1.24. The Balaban J connectivity index is 3.38. The van der Waals surface area contributed by atoms with Gasteiger partial charge in [-0.15, -0.1) is 0 Å². The molecule has 0 aliphatic heterocycles. The van der Waals surface area contributed by atoms with Crippen LogP contribution in [0.3, 0.4) is 0 Å². The van der Waals surface area contributed by atoms with E-state index in [0.717, 1.165) is 5.92 Å². The summed E-state index contributed by atoms with van der Waals surface area (Å²) < 4.78 is 0.596. The van der Waals surface area contributed by atoms with Crippen LogP contribution in [0.4, 0.5) is 0 Å². The molecular weight excluding hydrogens is 251 g/mol. The predicted octanol–water partition coefficient (Wildman–Crippen LogP) is 3.96. The van der Waals surface area contributed by atoms with Gasteiger partial charge in [0.05, 0.1) is 0 Å². The molecule has 0 rings (SSSR count). The van der Waals surface area contributed by atoms with Crippen molar-refractivity contribution in [3.8, 4) is 0 Å².